The molecule has 0 aliphatic rings. The number of carbonyl (C=O) groups is 1. The monoisotopic (exact) mass is 327 g/mol. The van der Waals surface area contributed by atoms with Crippen molar-refractivity contribution in [1.82, 2.24) is 0 Å². The SMILES string of the molecule is CCOc1ccc(NC(=O)[C@H](CC)Oc2cc(C)ccc2C)cc1. The topological polar surface area (TPSA) is 47.6 Å². The first kappa shape index (κ1) is 17.9. The van der Waals surface area contributed by atoms with Crippen LogP contribution in [0.2, 0.25) is 0 Å². The van der Waals surface area contributed by atoms with E-state index in [1.54, 1.807) is 0 Å². The van der Waals surface area contributed by atoms with Gasteiger partial charge in [-0.25, -0.2) is 0 Å². The zero-order chi connectivity index (χ0) is 17.5. The lowest BCUT2D eigenvalue weighted by Gasteiger charge is -2.19. The molecule has 2 aromatic carbocycles. The quantitative estimate of drug-likeness (QED) is 0.814. The van der Waals surface area contributed by atoms with Crippen LogP contribution in [0.25, 0.3) is 0 Å². The van der Waals surface area contributed by atoms with Crippen molar-refractivity contribution in [3.8, 4) is 11.5 Å². The minimum Gasteiger partial charge on any atom is -0.494 e. The maximum absolute atomic E-state index is 12.5. The molecule has 0 aliphatic carbocycles. The number of ether oxygens (including phenoxy) is 2. The highest BCUT2D eigenvalue weighted by molar-refractivity contribution is 5.94. The molecule has 0 heterocycles. The summed E-state index contributed by atoms with van der Waals surface area (Å²) in [7, 11) is 0. The molecule has 2 rings (SSSR count). The van der Waals surface area contributed by atoms with Crippen molar-refractivity contribution < 1.29 is 14.3 Å². The molecule has 0 radical (unpaired) electrons. The molecular weight excluding hydrogens is 302 g/mol. The van der Waals surface area contributed by atoms with Crippen molar-refractivity contribution in [3.05, 3.63) is 53.6 Å². The second-order valence-electron chi connectivity index (χ2n) is 5.73. The van der Waals surface area contributed by atoms with Crippen molar-refractivity contribution in [3.63, 3.8) is 0 Å². The molecule has 0 saturated heterocycles. The van der Waals surface area contributed by atoms with E-state index in [2.05, 4.69) is 5.32 Å². The number of hydrogen-bond donors (Lipinski definition) is 1. The number of aryl methyl sites for hydroxylation is 2. The zero-order valence-corrected chi connectivity index (χ0v) is 14.8. The summed E-state index contributed by atoms with van der Waals surface area (Å²) in [5.41, 5.74) is 2.86. The van der Waals surface area contributed by atoms with Crippen LogP contribution in [-0.4, -0.2) is 18.6 Å². The predicted octanol–water partition coefficient (Wildman–Crippen LogP) is 4.50. The lowest BCUT2D eigenvalue weighted by atomic mass is 10.1. The summed E-state index contributed by atoms with van der Waals surface area (Å²) in [5.74, 6) is 1.39. The van der Waals surface area contributed by atoms with Crippen molar-refractivity contribution >= 4 is 11.6 Å². The van der Waals surface area contributed by atoms with Crippen LogP contribution >= 0.6 is 0 Å². The number of amides is 1. The molecule has 1 N–H and O–H groups in total. The number of carbonyl (C=O) groups excluding carboxylic acids is 1. The largest absolute Gasteiger partial charge is 0.494 e. The Bertz CT molecular complexity index is 680. The van der Waals surface area contributed by atoms with Gasteiger partial charge in [0.1, 0.15) is 11.5 Å². The van der Waals surface area contributed by atoms with E-state index < -0.39 is 6.10 Å². The molecule has 0 aromatic heterocycles. The average molecular weight is 327 g/mol. The molecule has 0 unspecified atom stereocenters. The molecule has 1 amide bonds. The molecule has 4 heteroatoms. The first-order chi connectivity index (χ1) is 11.5. The van der Waals surface area contributed by atoms with Gasteiger partial charge in [-0.3, -0.25) is 4.79 Å². The van der Waals surface area contributed by atoms with Gasteiger partial charge >= 0.3 is 0 Å². The van der Waals surface area contributed by atoms with E-state index in [4.69, 9.17) is 9.47 Å². The Morgan fingerprint density at radius 3 is 2.42 bits per heavy atom. The van der Waals surface area contributed by atoms with Crippen LogP contribution in [0, 0.1) is 13.8 Å². The maximum Gasteiger partial charge on any atom is 0.265 e. The Morgan fingerprint density at radius 2 is 1.79 bits per heavy atom. The fourth-order valence-electron chi connectivity index (χ4n) is 2.33. The smallest absolute Gasteiger partial charge is 0.265 e. The van der Waals surface area contributed by atoms with Crippen LogP contribution in [0.3, 0.4) is 0 Å². The van der Waals surface area contributed by atoms with E-state index in [1.165, 1.54) is 0 Å². The Morgan fingerprint density at radius 1 is 1.08 bits per heavy atom. The van der Waals surface area contributed by atoms with E-state index in [9.17, 15) is 4.79 Å². The van der Waals surface area contributed by atoms with Gasteiger partial charge in [0.15, 0.2) is 6.10 Å². The van der Waals surface area contributed by atoms with Gasteiger partial charge in [-0.2, -0.15) is 0 Å². The molecule has 128 valence electrons. The number of hydrogen-bond acceptors (Lipinski definition) is 3. The molecule has 0 aliphatic heterocycles. The maximum atomic E-state index is 12.5. The predicted molar refractivity (Wildman–Crippen MR) is 96.9 cm³/mol. The molecule has 0 saturated carbocycles. The van der Waals surface area contributed by atoms with Crippen molar-refractivity contribution in [2.45, 2.75) is 40.2 Å². The summed E-state index contributed by atoms with van der Waals surface area (Å²) >= 11 is 0. The molecule has 0 spiro atoms. The van der Waals surface area contributed by atoms with E-state index in [0.29, 0.717) is 13.0 Å². The molecule has 0 fully saturated rings. The van der Waals surface area contributed by atoms with E-state index in [-0.39, 0.29) is 5.91 Å². The van der Waals surface area contributed by atoms with Crippen molar-refractivity contribution in [2.24, 2.45) is 0 Å². The number of rotatable bonds is 7. The number of anilines is 1. The van der Waals surface area contributed by atoms with Crippen molar-refractivity contribution in [2.75, 3.05) is 11.9 Å². The summed E-state index contributed by atoms with van der Waals surface area (Å²) in [6.07, 6.45) is 0.0630. The first-order valence-corrected chi connectivity index (χ1v) is 8.31. The standard InChI is InChI=1S/C20H25NO3/c1-5-18(24-19-13-14(3)7-8-15(19)4)20(22)21-16-9-11-17(12-10-16)23-6-2/h7-13,18H,5-6H2,1-4H3,(H,21,22)/t18-/m0/s1. The lowest BCUT2D eigenvalue weighted by Crippen LogP contribution is -2.32. The highest BCUT2D eigenvalue weighted by Gasteiger charge is 2.19. The summed E-state index contributed by atoms with van der Waals surface area (Å²) in [5, 5.41) is 2.90. The molecule has 24 heavy (non-hydrogen) atoms. The second kappa shape index (κ2) is 8.39. The normalized spacial score (nSPS) is 11.7. The van der Waals surface area contributed by atoms with Gasteiger partial charge in [0.2, 0.25) is 0 Å². The summed E-state index contributed by atoms with van der Waals surface area (Å²) in [6.45, 7) is 8.48. The van der Waals surface area contributed by atoms with Crippen LogP contribution in [0.15, 0.2) is 42.5 Å². The van der Waals surface area contributed by atoms with E-state index >= 15 is 0 Å². The third kappa shape index (κ3) is 4.75. The third-order valence-electron chi connectivity index (χ3n) is 3.71. The highest BCUT2D eigenvalue weighted by Crippen LogP contribution is 2.22. The van der Waals surface area contributed by atoms with Crippen LogP contribution in [0.4, 0.5) is 5.69 Å². The summed E-state index contributed by atoms with van der Waals surface area (Å²) in [6, 6.07) is 13.3. The minimum atomic E-state index is -0.530. The van der Waals surface area contributed by atoms with E-state index in [0.717, 1.165) is 28.3 Å². The van der Waals surface area contributed by atoms with Crippen LogP contribution in [0.5, 0.6) is 11.5 Å². The van der Waals surface area contributed by atoms with Gasteiger partial charge in [0.05, 0.1) is 6.61 Å². The van der Waals surface area contributed by atoms with Gasteiger partial charge < -0.3 is 14.8 Å². The van der Waals surface area contributed by atoms with Crippen LogP contribution in [-0.2, 0) is 4.79 Å². The average Bonchev–Trinajstić information content (AvgIpc) is 2.57. The van der Waals surface area contributed by atoms with Gasteiger partial charge in [-0.1, -0.05) is 19.1 Å². The number of benzene rings is 2. The first-order valence-electron chi connectivity index (χ1n) is 8.31. The Kier molecular flexibility index (Phi) is 6.24. The Balaban J connectivity index is 2.04. The highest BCUT2D eigenvalue weighted by atomic mass is 16.5. The summed E-state index contributed by atoms with van der Waals surface area (Å²) < 4.78 is 11.3. The van der Waals surface area contributed by atoms with Gasteiger partial charge in [-0.05, 0) is 68.7 Å². The van der Waals surface area contributed by atoms with Gasteiger partial charge in [0, 0.05) is 5.69 Å². The Labute approximate surface area is 143 Å². The van der Waals surface area contributed by atoms with E-state index in [1.807, 2.05) is 70.2 Å². The number of nitrogens with one attached hydrogen (secondary N) is 1. The second-order valence-corrected chi connectivity index (χ2v) is 5.73. The third-order valence-corrected chi connectivity index (χ3v) is 3.71. The minimum absolute atomic E-state index is 0.150. The van der Waals surface area contributed by atoms with Gasteiger partial charge in [-0.15, -0.1) is 0 Å². The fourth-order valence-corrected chi connectivity index (χ4v) is 2.33. The molecule has 2 aromatic rings. The molecular formula is C20H25NO3. The molecule has 0 bridgehead atoms. The fraction of sp³-hybridized carbons (Fsp3) is 0.350. The molecule has 1 atom stereocenters. The Hall–Kier alpha value is -2.49. The van der Waals surface area contributed by atoms with Gasteiger partial charge in [0.25, 0.3) is 5.91 Å². The van der Waals surface area contributed by atoms with Crippen LogP contribution in [0.1, 0.15) is 31.4 Å². The lowest BCUT2D eigenvalue weighted by molar-refractivity contribution is -0.122. The van der Waals surface area contributed by atoms with Crippen LogP contribution < -0.4 is 14.8 Å². The zero-order valence-electron chi connectivity index (χ0n) is 14.8. The molecule has 4 nitrogen and oxygen atoms in total. The van der Waals surface area contributed by atoms with Crippen molar-refractivity contribution in [1.29, 1.82) is 0 Å². The summed E-state index contributed by atoms with van der Waals surface area (Å²) in [4.78, 5) is 12.5.